The van der Waals surface area contributed by atoms with Crippen molar-refractivity contribution < 1.29 is 75.5 Å². The molecule has 30 heavy (non-hydrogen) atoms. The van der Waals surface area contributed by atoms with Crippen molar-refractivity contribution in [2.45, 2.75) is 56.8 Å². The third-order valence-electron chi connectivity index (χ3n) is 5.82. The van der Waals surface area contributed by atoms with Crippen molar-refractivity contribution in [2.75, 3.05) is 0 Å². The second-order valence-electron chi connectivity index (χ2n) is 7.25. The molecule has 4 rings (SSSR count). The number of carbonyl (C=O) groups is 1. The SMILES string of the molecule is C.N#CC1(c2ccccc2F)CCC1.O=C(O)C1(c2ccccc2F)CCC1.[K+].[OH-]. The molecule has 0 bridgehead atoms. The second kappa shape index (κ2) is 12.0. The Labute approximate surface area is 219 Å². The number of halogens is 2. The average molecular weight is 442 g/mol. The molecule has 2 aliphatic carbocycles. The van der Waals surface area contributed by atoms with E-state index in [0.29, 0.717) is 24.0 Å². The summed E-state index contributed by atoms with van der Waals surface area (Å²) in [5, 5.41) is 18.1. The van der Waals surface area contributed by atoms with Crippen LogP contribution in [0.25, 0.3) is 0 Å². The fourth-order valence-electron chi connectivity index (χ4n) is 3.80. The summed E-state index contributed by atoms with van der Waals surface area (Å²) in [6.07, 6.45) is 4.57. The molecule has 0 aromatic heterocycles. The monoisotopic (exact) mass is 441 g/mol. The molecule has 0 unspecified atom stereocenters. The van der Waals surface area contributed by atoms with Gasteiger partial charge in [0, 0.05) is 11.1 Å². The zero-order valence-electron chi connectivity index (χ0n) is 16.4. The number of rotatable bonds is 3. The zero-order valence-corrected chi connectivity index (χ0v) is 19.5. The van der Waals surface area contributed by atoms with Crippen LogP contribution in [0.5, 0.6) is 0 Å². The summed E-state index contributed by atoms with van der Waals surface area (Å²) in [6, 6.07) is 15.0. The molecule has 0 radical (unpaired) electrons. The number of hydrogen-bond donors (Lipinski definition) is 1. The van der Waals surface area contributed by atoms with Crippen LogP contribution in [0.4, 0.5) is 8.78 Å². The van der Waals surface area contributed by atoms with Gasteiger partial charge in [-0.2, -0.15) is 5.26 Å². The first kappa shape index (κ1) is 28.9. The van der Waals surface area contributed by atoms with Crippen LogP contribution in [-0.4, -0.2) is 16.6 Å². The molecule has 0 atom stereocenters. The summed E-state index contributed by atoms with van der Waals surface area (Å²) < 4.78 is 26.7. The van der Waals surface area contributed by atoms with Gasteiger partial charge in [-0.1, -0.05) is 50.2 Å². The van der Waals surface area contributed by atoms with Crippen LogP contribution in [-0.2, 0) is 15.6 Å². The van der Waals surface area contributed by atoms with Crippen molar-refractivity contribution in [3.05, 3.63) is 71.3 Å². The number of carboxylic acids is 1. The van der Waals surface area contributed by atoms with Crippen LogP contribution in [0, 0.1) is 23.0 Å². The van der Waals surface area contributed by atoms with Gasteiger partial charge in [0.25, 0.3) is 0 Å². The van der Waals surface area contributed by atoms with E-state index in [-0.39, 0.29) is 70.1 Å². The largest absolute Gasteiger partial charge is 1.00 e. The molecule has 2 fully saturated rings. The van der Waals surface area contributed by atoms with E-state index in [1.54, 1.807) is 36.4 Å². The van der Waals surface area contributed by atoms with Gasteiger partial charge in [-0.05, 0) is 44.2 Å². The number of nitriles is 1. The number of carboxylic acid groups (broad SMARTS) is 1. The molecule has 156 valence electrons. The molecule has 2 aromatic rings. The van der Waals surface area contributed by atoms with Gasteiger partial charge in [0.2, 0.25) is 0 Å². The topological polar surface area (TPSA) is 91.1 Å². The van der Waals surface area contributed by atoms with E-state index in [4.69, 9.17) is 10.4 Å². The van der Waals surface area contributed by atoms with E-state index in [0.717, 1.165) is 25.7 Å². The third-order valence-corrected chi connectivity index (χ3v) is 5.82. The van der Waals surface area contributed by atoms with Crippen LogP contribution in [0.3, 0.4) is 0 Å². The predicted octanol–water partition coefficient (Wildman–Crippen LogP) is 2.57. The van der Waals surface area contributed by atoms with E-state index in [1.165, 1.54) is 12.1 Å². The Morgan fingerprint density at radius 2 is 1.33 bits per heavy atom. The standard InChI is InChI=1S/C11H10FN.C11H11FO2.CH4.K.H2O/c12-10-5-2-1-4-9(10)11(8-13)6-3-7-11;12-9-5-2-1-4-8(9)11(10(13)14)6-3-7-11;;;/h1-2,4-5H,3,6-7H2;1-2,4-5H,3,6-7H2,(H,13,14);1H4;;1H2/q;;;+1;/p-1. The molecule has 2 N–H and O–H groups in total. The molecule has 0 spiro atoms. The molecular formula is C23H26F2KNO3. The minimum Gasteiger partial charge on any atom is -0.870 e. The summed E-state index contributed by atoms with van der Waals surface area (Å²) in [5.41, 5.74) is -0.570. The smallest absolute Gasteiger partial charge is 0.870 e. The number of benzene rings is 2. The summed E-state index contributed by atoms with van der Waals surface area (Å²) in [6.45, 7) is 0. The van der Waals surface area contributed by atoms with Gasteiger partial charge in [0.1, 0.15) is 11.6 Å². The molecule has 0 aliphatic heterocycles. The molecule has 2 aromatic carbocycles. The van der Waals surface area contributed by atoms with Crippen molar-refractivity contribution in [3.8, 4) is 6.07 Å². The van der Waals surface area contributed by atoms with E-state index < -0.39 is 22.6 Å². The molecule has 0 saturated heterocycles. The van der Waals surface area contributed by atoms with E-state index in [1.807, 2.05) is 0 Å². The van der Waals surface area contributed by atoms with Crippen molar-refractivity contribution in [3.63, 3.8) is 0 Å². The van der Waals surface area contributed by atoms with Gasteiger partial charge in [0.15, 0.2) is 0 Å². The normalized spacial score (nSPS) is 16.8. The maximum atomic E-state index is 13.4. The molecular weight excluding hydrogens is 415 g/mol. The van der Waals surface area contributed by atoms with Crippen LogP contribution >= 0.6 is 0 Å². The Hall–Kier alpha value is -1.14. The van der Waals surface area contributed by atoms with Crippen LogP contribution in [0.2, 0.25) is 0 Å². The van der Waals surface area contributed by atoms with Crippen molar-refractivity contribution in [1.29, 1.82) is 5.26 Å². The molecule has 7 heteroatoms. The molecule has 4 nitrogen and oxygen atoms in total. The van der Waals surface area contributed by atoms with Crippen LogP contribution in [0.15, 0.2) is 48.5 Å². The van der Waals surface area contributed by atoms with Crippen molar-refractivity contribution in [2.24, 2.45) is 0 Å². The van der Waals surface area contributed by atoms with Crippen molar-refractivity contribution in [1.82, 2.24) is 0 Å². The molecule has 2 aliphatic rings. The molecule has 2 saturated carbocycles. The van der Waals surface area contributed by atoms with Crippen LogP contribution < -0.4 is 51.4 Å². The maximum absolute atomic E-state index is 13.4. The maximum Gasteiger partial charge on any atom is 1.00 e. The number of nitrogens with zero attached hydrogens (tertiary/aromatic N) is 1. The van der Waals surface area contributed by atoms with E-state index in [9.17, 15) is 13.6 Å². The zero-order chi connectivity index (χ0) is 19.5. The fraction of sp³-hybridized carbons (Fsp3) is 0.391. The van der Waals surface area contributed by atoms with Gasteiger partial charge in [-0.15, -0.1) is 0 Å². The Bertz CT molecular complexity index is 890. The Morgan fingerprint density at radius 1 is 0.900 bits per heavy atom. The predicted molar refractivity (Wildman–Crippen MR) is 106 cm³/mol. The summed E-state index contributed by atoms with van der Waals surface area (Å²) in [4.78, 5) is 11.1. The van der Waals surface area contributed by atoms with Gasteiger partial charge in [-0.25, -0.2) is 8.78 Å². The first-order valence-corrected chi connectivity index (χ1v) is 9.10. The summed E-state index contributed by atoms with van der Waals surface area (Å²) in [5.74, 6) is -1.56. The minimum absolute atomic E-state index is 0. The second-order valence-corrected chi connectivity index (χ2v) is 7.25. The first-order valence-electron chi connectivity index (χ1n) is 9.10. The van der Waals surface area contributed by atoms with E-state index >= 15 is 0 Å². The average Bonchev–Trinajstić information content (AvgIpc) is 2.57. The quantitative estimate of drug-likeness (QED) is 0.741. The van der Waals surface area contributed by atoms with Gasteiger partial charge < -0.3 is 10.6 Å². The minimum atomic E-state index is -0.953. The fourth-order valence-corrected chi connectivity index (χ4v) is 3.80. The van der Waals surface area contributed by atoms with Gasteiger partial charge in [-0.3, -0.25) is 4.79 Å². The van der Waals surface area contributed by atoms with Gasteiger partial charge in [0.05, 0.1) is 16.9 Å². The number of aliphatic carboxylic acids is 1. The summed E-state index contributed by atoms with van der Waals surface area (Å²) in [7, 11) is 0. The van der Waals surface area contributed by atoms with Gasteiger partial charge >= 0.3 is 57.4 Å². The summed E-state index contributed by atoms with van der Waals surface area (Å²) >= 11 is 0. The molecule has 0 amide bonds. The number of hydrogen-bond acceptors (Lipinski definition) is 3. The Morgan fingerprint density at radius 3 is 1.63 bits per heavy atom. The van der Waals surface area contributed by atoms with E-state index in [2.05, 4.69) is 6.07 Å². The first-order chi connectivity index (χ1) is 12.9. The Kier molecular flexibility index (Phi) is 11.6. The van der Waals surface area contributed by atoms with Crippen LogP contribution in [0.1, 0.15) is 57.1 Å². The third kappa shape index (κ3) is 5.36. The molecule has 0 heterocycles. The van der Waals surface area contributed by atoms with Crippen molar-refractivity contribution >= 4 is 5.97 Å². The Balaban J connectivity index is 0.000000511.